The van der Waals surface area contributed by atoms with Gasteiger partial charge in [-0.2, -0.15) is 13.2 Å². The van der Waals surface area contributed by atoms with Gasteiger partial charge in [-0.3, -0.25) is 4.79 Å². The maximum absolute atomic E-state index is 11.9. The summed E-state index contributed by atoms with van der Waals surface area (Å²) >= 11 is 5.93. The zero-order valence-electron chi connectivity index (χ0n) is 11.7. The summed E-state index contributed by atoms with van der Waals surface area (Å²) < 4.78 is 40.1. The molecule has 1 aliphatic rings. The Morgan fingerprint density at radius 2 is 2.23 bits per heavy atom. The van der Waals surface area contributed by atoms with E-state index in [0.29, 0.717) is 11.6 Å². The fourth-order valence-corrected chi connectivity index (χ4v) is 2.50. The minimum absolute atomic E-state index is 0.110. The number of carbonyl (C=O) groups excluding carboxylic acids is 1. The number of hydrogen-bond donors (Lipinski definition) is 1. The highest BCUT2D eigenvalue weighted by Crippen LogP contribution is 2.23. The third-order valence-electron chi connectivity index (χ3n) is 3.23. The van der Waals surface area contributed by atoms with Crippen LogP contribution in [0, 0.1) is 0 Å². The summed E-state index contributed by atoms with van der Waals surface area (Å²) in [4.78, 5) is 13.6. The van der Waals surface area contributed by atoms with Crippen molar-refractivity contribution in [3.05, 3.63) is 29.3 Å². The Kier molecular flexibility index (Phi) is 5.52. The van der Waals surface area contributed by atoms with E-state index in [0.717, 1.165) is 18.7 Å². The Labute approximate surface area is 131 Å². The van der Waals surface area contributed by atoms with E-state index in [1.54, 1.807) is 6.07 Å². The molecule has 0 unspecified atom stereocenters. The molecule has 1 N–H and O–H groups in total. The first-order valence-electron chi connectivity index (χ1n) is 6.78. The number of halogens is 4. The maximum atomic E-state index is 11.9. The fraction of sp³-hybridized carbons (Fsp3) is 0.500. The third-order valence-corrected chi connectivity index (χ3v) is 3.46. The second-order valence-electron chi connectivity index (χ2n) is 5.09. The van der Waals surface area contributed by atoms with E-state index in [1.165, 1.54) is 0 Å². The topological polar surface area (TPSA) is 41.6 Å². The molecule has 1 aromatic carbocycles. The smallest absolute Gasteiger partial charge is 0.369 e. The second kappa shape index (κ2) is 7.19. The highest BCUT2D eigenvalue weighted by atomic mass is 35.5. The SMILES string of the molecule is O=C(COCC(F)(F)F)N[C@H]1CCN(c2cccc(Cl)c2)C1. The quantitative estimate of drug-likeness (QED) is 0.898. The molecule has 0 bridgehead atoms. The van der Waals surface area contributed by atoms with Gasteiger partial charge in [-0.05, 0) is 24.6 Å². The summed E-state index contributed by atoms with van der Waals surface area (Å²) in [6, 6.07) is 7.26. The summed E-state index contributed by atoms with van der Waals surface area (Å²) in [5.41, 5.74) is 0.956. The van der Waals surface area contributed by atoms with Gasteiger partial charge in [0.1, 0.15) is 13.2 Å². The zero-order valence-corrected chi connectivity index (χ0v) is 12.5. The molecule has 22 heavy (non-hydrogen) atoms. The molecule has 1 heterocycles. The number of carbonyl (C=O) groups is 1. The lowest BCUT2D eigenvalue weighted by Gasteiger charge is -2.19. The first kappa shape index (κ1) is 16.9. The Bertz CT molecular complexity index is 525. The average Bonchev–Trinajstić information content (AvgIpc) is 2.85. The molecule has 2 rings (SSSR count). The highest BCUT2D eigenvalue weighted by molar-refractivity contribution is 6.30. The van der Waals surface area contributed by atoms with Crippen LogP contribution in [-0.4, -0.2) is 44.4 Å². The van der Waals surface area contributed by atoms with E-state index >= 15 is 0 Å². The number of nitrogens with zero attached hydrogens (tertiary/aromatic N) is 1. The van der Waals surface area contributed by atoms with Gasteiger partial charge in [-0.1, -0.05) is 17.7 Å². The monoisotopic (exact) mass is 336 g/mol. The van der Waals surface area contributed by atoms with E-state index in [9.17, 15) is 18.0 Å². The van der Waals surface area contributed by atoms with Crippen LogP contribution in [0.15, 0.2) is 24.3 Å². The van der Waals surface area contributed by atoms with Gasteiger partial charge in [-0.15, -0.1) is 0 Å². The second-order valence-corrected chi connectivity index (χ2v) is 5.52. The molecule has 1 aromatic rings. The molecular formula is C14H16ClF3N2O2. The molecule has 0 saturated carbocycles. The number of nitrogens with one attached hydrogen (secondary N) is 1. The molecule has 1 fully saturated rings. The van der Waals surface area contributed by atoms with Crippen molar-refractivity contribution in [2.75, 3.05) is 31.2 Å². The van der Waals surface area contributed by atoms with Gasteiger partial charge in [0.05, 0.1) is 0 Å². The van der Waals surface area contributed by atoms with E-state index in [1.807, 2.05) is 18.2 Å². The molecule has 4 nitrogen and oxygen atoms in total. The van der Waals surface area contributed by atoms with E-state index in [-0.39, 0.29) is 6.04 Å². The number of rotatable bonds is 5. The van der Waals surface area contributed by atoms with Crippen molar-refractivity contribution in [3.63, 3.8) is 0 Å². The number of anilines is 1. The first-order valence-corrected chi connectivity index (χ1v) is 7.16. The van der Waals surface area contributed by atoms with Crippen molar-refractivity contribution in [1.29, 1.82) is 0 Å². The van der Waals surface area contributed by atoms with Crippen molar-refractivity contribution in [2.24, 2.45) is 0 Å². The largest absolute Gasteiger partial charge is 0.411 e. The van der Waals surface area contributed by atoms with Crippen LogP contribution < -0.4 is 10.2 Å². The molecule has 8 heteroatoms. The lowest BCUT2D eigenvalue weighted by Crippen LogP contribution is -2.39. The summed E-state index contributed by atoms with van der Waals surface area (Å²) in [5, 5.41) is 3.30. The van der Waals surface area contributed by atoms with E-state index in [2.05, 4.69) is 15.0 Å². The highest BCUT2D eigenvalue weighted by Gasteiger charge is 2.28. The minimum atomic E-state index is -4.42. The van der Waals surface area contributed by atoms with Crippen LogP contribution in [0.5, 0.6) is 0 Å². The van der Waals surface area contributed by atoms with Gasteiger partial charge in [0, 0.05) is 29.8 Å². The van der Waals surface area contributed by atoms with Crippen molar-refractivity contribution in [1.82, 2.24) is 5.32 Å². The predicted octanol–water partition coefficient (Wildman–Crippen LogP) is 2.61. The standard InChI is InChI=1S/C14H16ClF3N2O2/c15-10-2-1-3-12(6-10)20-5-4-11(7-20)19-13(21)8-22-9-14(16,17)18/h1-3,6,11H,4-5,7-9H2,(H,19,21)/t11-/m0/s1. The van der Waals surface area contributed by atoms with Gasteiger partial charge in [0.15, 0.2) is 0 Å². The van der Waals surface area contributed by atoms with E-state index in [4.69, 9.17) is 11.6 Å². The molecule has 0 spiro atoms. The van der Waals surface area contributed by atoms with Gasteiger partial charge in [-0.25, -0.2) is 0 Å². The van der Waals surface area contributed by atoms with E-state index < -0.39 is 25.3 Å². The third kappa shape index (κ3) is 5.38. The maximum Gasteiger partial charge on any atom is 0.411 e. The molecule has 0 aromatic heterocycles. The van der Waals surface area contributed by atoms with Crippen LogP contribution in [0.1, 0.15) is 6.42 Å². The molecule has 0 aliphatic carbocycles. The van der Waals surface area contributed by atoms with Crippen LogP contribution in [0.2, 0.25) is 5.02 Å². The Hall–Kier alpha value is -1.47. The zero-order chi connectivity index (χ0) is 16.2. The van der Waals surface area contributed by atoms with Gasteiger partial charge >= 0.3 is 6.18 Å². The van der Waals surface area contributed by atoms with Crippen LogP contribution in [-0.2, 0) is 9.53 Å². The number of alkyl halides is 3. The number of ether oxygens (including phenoxy) is 1. The Morgan fingerprint density at radius 3 is 2.91 bits per heavy atom. The molecule has 122 valence electrons. The minimum Gasteiger partial charge on any atom is -0.369 e. The van der Waals surface area contributed by atoms with Crippen LogP contribution in [0.25, 0.3) is 0 Å². The average molecular weight is 337 g/mol. The lowest BCUT2D eigenvalue weighted by molar-refractivity contribution is -0.175. The number of hydrogen-bond acceptors (Lipinski definition) is 3. The summed E-state index contributed by atoms with van der Waals surface area (Å²) in [5.74, 6) is -0.540. The number of amides is 1. The molecule has 1 aliphatic heterocycles. The molecule has 1 amide bonds. The Balaban J connectivity index is 1.75. The van der Waals surface area contributed by atoms with Crippen molar-refractivity contribution in [3.8, 4) is 0 Å². The van der Waals surface area contributed by atoms with Crippen LogP contribution in [0.4, 0.5) is 18.9 Å². The van der Waals surface area contributed by atoms with Gasteiger partial charge < -0.3 is 15.0 Å². The summed E-state index contributed by atoms with van der Waals surface area (Å²) in [7, 11) is 0. The summed E-state index contributed by atoms with van der Waals surface area (Å²) in [6.07, 6.45) is -3.70. The molecule has 1 atom stereocenters. The molecule has 0 radical (unpaired) electrons. The lowest BCUT2D eigenvalue weighted by atomic mass is 10.2. The Morgan fingerprint density at radius 1 is 1.45 bits per heavy atom. The fourth-order valence-electron chi connectivity index (χ4n) is 2.31. The van der Waals surface area contributed by atoms with Crippen molar-refractivity contribution >= 4 is 23.2 Å². The predicted molar refractivity (Wildman–Crippen MR) is 77.1 cm³/mol. The first-order chi connectivity index (χ1) is 10.3. The van der Waals surface area contributed by atoms with Crippen LogP contribution in [0.3, 0.4) is 0 Å². The van der Waals surface area contributed by atoms with Crippen LogP contribution >= 0.6 is 11.6 Å². The molecular weight excluding hydrogens is 321 g/mol. The van der Waals surface area contributed by atoms with Gasteiger partial charge in [0.25, 0.3) is 0 Å². The summed E-state index contributed by atoms with van der Waals surface area (Å²) in [6.45, 7) is -0.674. The normalized spacial score (nSPS) is 18.5. The van der Waals surface area contributed by atoms with Gasteiger partial charge in [0.2, 0.25) is 5.91 Å². The number of benzene rings is 1. The molecule has 1 saturated heterocycles. The van der Waals surface area contributed by atoms with Crippen molar-refractivity contribution < 1.29 is 22.7 Å². The van der Waals surface area contributed by atoms with Crippen molar-refractivity contribution in [2.45, 2.75) is 18.6 Å².